The highest BCUT2D eigenvalue weighted by Crippen LogP contribution is 2.26. The molecule has 3 nitrogen and oxygen atoms in total. The van der Waals surface area contributed by atoms with Gasteiger partial charge in [0, 0.05) is 13.1 Å². The highest BCUT2D eigenvalue weighted by Gasteiger charge is 2.29. The van der Waals surface area contributed by atoms with E-state index in [4.69, 9.17) is 0 Å². The van der Waals surface area contributed by atoms with Crippen LogP contribution in [0.15, 0.2) is 29.2 Å². The monoisotopic (exact) mass is 253 g/mol. The molecule has 1 aromatic rings. The third-order valence-electron chi connectivity index (χ3n) is 3.17. The van der Waals surface area contributed by atoms with Gasteiger partial charge in [0.15, 0.2) is 0 Å². The van der Waals surface area contributed by atoms with Crippen molar-refractivity contribution < 1.29 is 8.42 Å². The van der Waals surface area contributed by atoms with Gasteiger partial charge in [-0.25, -0.2) is 8.42 Å². The smallest absolute Gasteiger partial charge is 0.207 e. The van der Waals surface area contributed by atoms with Crippen LogP contribution in [0.1, 0.15) is 32.8 Å². The summed E-state index contributed by atoms with van der Waals surface area (Å²) in [6.07, 6.45) is 0.972. The molecule has 0 aromatic heterocycles. The minimum absolute atomic E-state index is 0.0546. The molecule has 1 saturated heterocycles. The summed E-state index contributed by atoms with van der Waals surface area (Å²) in [5.74, 6) is 0. The van der Waals surface area contributed by atoms with Gasteiger partial charge in [-0.2, -0.15) is 4.31 Å². The van der Waals surface area contributed by atoms with E-state index in [2.05, 4.69) is 20.8 Å². The zero-order valence-electron chi connectivity index (χ0n) is 10.6. The van der Waals surface area contributed by atoms with Gasteiger partial charge in [-0.05, 0) is 29.5 Å². The fourth-order valence-electron chi connectivity index (χ4n) is 1.80. The lowest BCUT2D eigenvalue weighted by Crippen LogP contribution is -2.41. The van der Waals surface area contributed by atoms with Gasteiger partial charge in [-0.1, -0.05) is 32.9 Å². The highest BCUT2D eigenvalue weighted by molar-refractivity contribution is 7.89. The summed E-state index contributed by atoms with van der Waals surface area (Å²) in [5.41, 5.74) is 1.21. The second kappa shape index (κ2) is 4.10. The van der Waals surface area contributed by atoms with E-state index in [0.717, 1.165) is 12.0 Å². The van der Waals surface area contributed by atoms with Gasteiger partial charge < -0.3 is 0 Å². The Morgan fingerprint density at radius 3 is 1.94 bits per heavy atom. The van der Waals surface area contributed by atoms with E-state index >= 15 is 0 Å². The first-order chi connectivity index (χ1) is 7.82. The molecular weight excluding hydrogens is 234 g/mol. The van der Waals surface area contributed by atoms with Crippen molar-refractivity contribution in [3.05, 3.63) is 29.8 Å². The predicted octanol–water partition coefficient (Wildman–Crippen LogP) is 2.38. The fraction of sp³-hybridized carbons (Fsp3) is 0.538. The zero-order chi connectivity index (χ0) is 12.7. The molecular formula is C13H19NO2S. The van der Waals surface area contributed by atoms with Crippen LogP contribution in [0.2, 0.25) is 0 Å². The lowest BCUT2D eigenvalue weighted by molar-refractivity contribution is 0.309. The molecule has 0 aliphatic carbocycles. The third-order valence-corrected chi connectivity index (χ3v) is 5.09. The van der Waals surface area contributed by atoms with Crippen molar-refractivity contribution in [1.82, 2.24) is 4.31 Å². The van der Waals surface area contributed by atoms with Crippen molar-refractivity contribution in [3.63, 3.8) is 0 Å². The highest BCUT2D eigenvalue weighted by atomic mass is 32.2. The number of nitrogens with zero attached hydrogens (tertiary/aromatic N) is 1. The van der Waals surface area contributed by atoms with Gasteiger partial charge >= 0.3 is 0 Å². The Morgan fingerprint density at radius 2 is 1.59 bits per heavy atom. The molecule has 0 bridgehead atoms. The van der Waals surface area contributed by atoms with Crippen LogP contribution in [-0.2, 0) is 15.4 Å². The Bertz CT molecular complexity index is 493. The first kappa shape index (κ1) is 12.6. The quantitative estimate of drug-likeness (QED) is 0.811. The molecule has 2 rings (SSSR count). The molecule has 1 fully saturated rings. The molecule has 4 heteroatoms. The van der Waals surface area contributed by atoms with Gasteiger partial charge in [0.2, 0.25) is 10.0 Å². The predicted molar refractivity (Wildman–Crippen MR) is 68.5 cm³/mol. The maximum atomic E-state index is 12.1. The van der Waals surface area contributed by atoms with Crippen LogP contribution in [-0.4, -0.2) is 25.8 Å². The number of benzene rings is 1. The van der Waals surface area contributed by atoms with E-state index in [9.17, 15) is 8.42 Å². The summed E-state index contributed by atoms with van der Waals surface area (Å²) < 4.78 is 25.7. The van der Waals surface area contributed by atoms with Crippen LogP contribution in [0.4, 0.5) is 0 Å². The van der Waals surface area contributed by atoms with Crippen molar-refractivity contribution in [1.29, 1.82) is 0 Å². The molecule has 0 atom stereocenters. The lowest BCUT2D eigenvalue weighted by atomic mass is 9.87. The Labute approximate surface area is 104 Å². The van der Waals surface area contributed by atoms with Crippen molar-refractivity contribution in [2.24, 2.45) is 0 Å². The van der Waals surface area contributed by atoms with Gasteiger partial charge in [0.1, 0.15) is 0 Å². The molecule has 0 unspecified atom stereocenters. The topological polar surface area (TPSA) is 37.4 Å². The Hall–Kier alpha value is -0.870. The molecule has 1 aromatic carbocycles. The van der Waals surface area contributed by atoms with Crippen LogP contribution in [0, 0.1) is 0 Å². The van der Waals surface area contributed by atoms with E-state index in [1.807, 2.05) is 12.1 Å². The standard InChI is InChI=1S/C13H19NO2S/c1-13(2,3)11-5-7-12(8-6-11)17(15,16)14-9-4-10-14/h5-8H,4,9-10H2,1-3H3. The largest absolute Gasteiger partial charge is 0.243 e. The zero-order valence-corrected chi connectivity index (χ0v) is 11.4. The third kappa shape index (κ3) is 2.38. The molecule has 0 radical (unpaired) electrons. The van der Waals surface area contributed by atoms with Crippen LogP contribution >= 0.6 is 0 Å². The first-order valence-electron chi connectivity index (χ1n) is 5.92. The maximum Gasteiger partial charge on any atom is 0.243 e. The van der Waals surface area contributed by atoms with Gasteiger partial charge in [0.25, 0.3) is 0 Å². The Balaban J connectivity index is 2.29. The summed E-state index contributed by atoms with van der Waals surface area (Å²) in [4.78, 5) is 0.408. The van der Waals surface area contributed by atoms with Gasteiger partial charge in [0.05, 0.1) is 4.90 Å². The minimum Gasteiger partial charge on any atom is -0.207 e. The average Bonchev–Trinajstić information content (AvgIpc) is 2.13. The first-order valence-corrected chi connectivity index (χ1v) is 7.36. The van der Waals surface area contributed by atoms with E-state index in [1.165, 1.54) is 4.31 Å². The van der Waals surface area contributed by atoms with E-state index in [0.29, 0.717) is 18.0 Å². The van der Waals surface area contributed by atoms with Crippen molar-refractivity contribution >= 4 is 10.0 Å². The summed E-state index contributed by atoms with van der Waals surface area (Å²) in [7, 11) is -3.23. The SMILES string of the molecule is CC(C)(C)c1ccc(S(=O)(=O)N2CCC2)cc1. The molecule has 94 valence electrons. The van der Waals surface area contributed by atoms with Crippen LogP contribution < -0.4 is 0 Å². The fourth-order valence-corrected chi connectivity index (χ4v) is 3.32. The second-order valence-electron chi connectivity index (χ2n) is 5.53. The van der Waals surface area contributed by atoms with Crippen molar-refractivity contribution in [2.75, 3.05) is 13.1 Å². The molecule has 0 saturated carbocycles. The molecule has 1 aliphatic rings. The number of hydrogen-bond donors (Lipinski definition) is 0. The van der Waals surface area contributed by atoms with Crippen LogP contribution in [0.3, 0.4) is 0 Å². The van der Waals surface area contributed by atoms with Crippen molar-refractivity contribution in [2.45, 2.75) is 37.5 Å². The summed E-state index contributed by atoms with van der Waals surface area (Å²) in [5, 5.41) is 0. The minimum atomic E-state index is -3.23. The van der Waals surface area contributed by atoms with E-state index in [1.54, 1.807) is 12.1 Å². The summed E-state index contributed by atoms with van der Waals surface area (Å²) >= 11 is 0. The van der Waals surface area contributed by atoms with Crippen molar-refractivity contribution in [3.8, 4) is 0 Å². The van der Waals surface area contributed by atoms with Gasteiger partial charge in [-0.15, -0.1) is 0 Å². The van der Waals surface area contributed by atoms with E-state index < -0.39 is 10.0 Å². The molecule has 0 N–H and O–H groups in total. The second-order valence-corrected chi connectivity index (χ2v) is 7.47. The lowest BCUT2D eigenvalue weighted by Gasteiger charge is -2.30. The Kier molecular flexibility index (Phi) is 3.04. The van der Waals surface area contributed by atoms with E-state index in [-0.39, 0.29) is 5.41 Å². The summed E-state index contributed by atoms with van der Waals surface area (Å²) in [6.45, 7) is 7.66. The Morgan fingerprint density at radius 1 is 1.06 bits per heavy atom. The molecule has 17 heavy (non-hydrogen) atoms. The number of sulfonamides is 1. The summed E-state index contributed by atoms with van der Waals surface area (Å²) in [6, 6.07) is 7.25. The molecule has 1 aliphatic heterocycles. The number of rotatable bonds is 2. The molecule has 1 heterocycles. The normalized spacial score (nSPS) is 17.8. The average molecular weight is 253 g/mol. The van der Waals surface area contributed by atoms with Gasteiger partial charge in [-0.3, -0.25) is 0 Å². The maximum absolute atomic E-state index is 12.1. The van der Waals surface area contributed by atoms with Crippen LogP contribution in [0.5, 0.6) is 0 Å². The van der Waals surface area contributed by atoms with Crippen LogP contribution in [0.25, 0.3) is 0 Å². The number of hydrogen-bond acceptors (Lipinski definition) is 2. The molecule has 0 spiro atoms. The molecule has 0 amide bonds.